The third kappa shape index (κ3) is 7.75. The van der Waals surface area contributed by atoms with Gasteiger partial charge in [0.15, 0.2) is 0 Å². The van der Waals surface area contributed by atoms with Crippen LogP contribution in [0.2, 0.25) is 0 Å². The molecule has 1 aromatic heterocycles. The molecule has 9 heteroatoms. The van der Waals surface area contributed by atoms with E-state index in [0.717, 1.165) is 38.5 Å². The second-order valence-corrected chi connectivity index (χ2v) is 5.18. The Morgan fingerprint density at radius 1 is 1.12 bits per heavy atom. The highest BCUT2D eigenvalue weighted by atomic mass is 16.4. The van der Waals surface area contributed by atoms with Crippen molar-refractivity contribution in [1.82, 2.24) is 15.1 Å². The molecule has 0 aromatic carbocycles. The first kappa shape index (κ1) is 19.7. The van der Waals surface area contributed by atoms with Crippen LogP contribution in [0.25, 0.3) is 0 Å². The maximum absolute atomic E-state index is 11.7. The molecule has 1 saturated heterocycles. The highest BCUT2D eigenvalue weighted by molar-refractivity contribution is 6.27. The van der Waals surface area contributed by atoms with Crippen LogP contribution in [0.15, 0.2) is 22.8 Å². The Morgan fingerprint density at radius 2 is 1.71 bits per heavy atom. The normalized spacial score (nSPS) is 15.2. The van der Waals surface area contributed by atoms with Gasteiger partial charge in [-0.3, -0.25) is 9.69 Å². The van der Waals surface area contributed by atoms with Crippen molar-refractivity contribution >= 4 is 17.8 Å². The molecule has 0 unspecified atom stereocenters. The molecule has 134 valence electrons. The standard InChI is InChI=1S/C13H21N3O2.C2H2O4/c1-2-15-5-7-16(8-6-15)11-13(17)14-10-12-4-3-9-18-12;3-1(4)2(5)6/h3-4,9H,2,5-8,10-11H2,1H3,(H,14,17);(H,3,4)(H,5,6). The molecule has 1 aliphatic rings. The second-order valence-electron chi connectivity index (χ2n) is 5.18. The fraction of sp³-hybridized carbons (Fsp3) is 0.533. The Labute approximate surface area is 139 Å². The SMILES string of the molecule is CCN1CCN(CC(=O)NCc2ccco2)CC1.O=C(O)C(=O)O. The number of carboxylic acids is 2. The molecule has 24 heavy (non-hydrogen) atoms. The van der Waals surface area contributed by atoms with Crippen molar-refractivity contribution < 1.29 is 29.0 Å². The number of carbonyl (C=O) groups is 3. The molecule has 1 amide bonds. The lowest BCUT2D eigenvalue weighted by atomic mass is 10.3. The predicted molar refractivity (Wildman–Crippen MR) is 84.4 cm³/mol. The van der Waals surface area contributed by atoms with Crippen LogP contribution in [0.3, 0.4) is 0 Å². The molecule has 0 atom stereocenters. The molecule has 1 fully saturated rings. The Kier molecular flexibility index (Phi) is 8.52. The topological polar surface area (TPSA) is 123 Å². The van der Waals surface area contributed by atoms with Crippen LogP contribution in [-0.4, -0.2) is 77.1 Å². The lowest BCUT2D eigenvalue weighted by molar-refractivity contribution is -0.159. The number of amides is 1. The number of carboxylic acid groups (broad SMARTS) is 2. The van der Waals surface area contributed by atoms with Crippen molar-refractivity contribution in [2.75, 3.05) is 39.3 Å². The Hall–Kier alpha value is -2.39. The zero-order valence-corrected chi connectivity index (χ0v) is 13.6. The number of furan rings is 1. The first-order chi connectivity index (χ1) is 11.4. The summed E-state index contributed by atoms with van der Waals surface area (Å²) in [4.78, 5) is 34.5. The van der Waals surface area contributed by atoms with E-state index in [0.29, 0.717) is 13.1 Å². The van der Waals surface area contributed by atoms with Crippen molar-refractivity contribution in [2.45, 2.75) is 13.5 Å². The molecule has 2 rings (SSSR count). The summed E-state index contributed by atoms with van der Waals surface area (Å²) in [6, 6.07) is 3.69. The third-order valence-electron chi connectivity index (χ3n) is 3.50. The molecule has 0 saturated carbocycles. The maximum atomic E-state index is 11.7. The number of rotatable bonds is 5. The fourth-order valence-electron chi connectivity index (χ4n) is 2.12. The van der Waals surface area contributed by atoms with Crippen molar-refractivity contribution in [3.05, 3.63) is 24.2 Å². The van der Waals surface area contributed by atoms with E-state index >= 15 is 0 Å². The molecule has 0 aliphatic carbocycles. The minimum absolute atomic E-state index is 0.0661. The zero-order valence-electron chi connectivity index (χ0n) is 13.6. The van der Waals surface area contributed by atoms with Crippen LogP contribution >= 0.6 is 0 Å². The van der Waals surface area contributed by atoms with Gasteiger partial charge < -0.3 is 24.8 Å². The summed E-state index contributed by atoms with van der Waals surface area (Å²) in [6.07, 6.45) is 1.62. The van der Waals surface area contributed by atoms with Crippen LogP contribution < -0.4 is 5.32 Å². The first-order valence-electron chi connectivity index (χ1n) is 7.62. The predicted octanol–water partition coefficient (Wildman–Crippen LogP) is -0.311. The zero-order chi connectivity index (χ0) is 17.9. The van der Waals surface area contributed by atoms with Crippen molar-refractivity contribution in [2.24, 2.45) is 0 Å². The third-order valence-corrected chi connectivity index (χ3v) is 3.50. The molecule has 0 spiro atoms. The Morgan fingerprint density at radius 3 is 2.17 bits per heavy atom. The van der Waals surface area contributed by atoms with E-state index in [2.05, 4.69) is 22.0 Å². The number of likely N-dealkylation sites (N-methyl/N-ethyl adjacent to an activating group) is 1. The van der Waals surface area contributed by atoms with E-state index in [-0.39, 0.29) is 5.91 Å². The number of nitrogens with one attached hydrogen (secondary N) is 1. The average molecular weight is 341 g/mol. The quantitative estimate of drug-likeness (QED) is 0.623. The molecule has 3 N–H and O–H groups in total. The second kappa shape index (κ2) is 10.4. The largest absolute Gasteiger partial charge is 0.473 e. The summed E-state index contributed by atoms with van der Waals surface area (Å²) < 4.78 is 5.17. The number of carbonyl (C=O) groups excluding carboxylic acids is 1. The van der Waals surface area contributed by atoms with Gasteiger partial charge in [0.2, 0.25) is 5.91 Å². The van der Waals surface area contributed by atoms with E-state index in [9.17, 15) is 4.79 Å². The monoisotopic (exact) mass is 341 g/mol. The van der Waals surface area contributed by atoms with Crippen molar-refractivity contribution in [1.29, 1.82) is 0 Å². The van der Waals surface area contributed by atoms with Crippen LogP contribution in [0.5, 0.6) is 0 Å². The molecule has 1 aliphatic heterocycles. The van der Waals surface area contributed by atoms with Gasteiger partial charge in [-0.2, -0.15) is 0 Å². The van der Waals surface area contributed by atoms with Gasteiger partial charge in [-0.05, 0) is 18.7 Å². The van der Waals surface area contributed by atoms with Crippen LogP contribution in [0, 0.1) is 0 Å². The summed E-state index contributed by atoms with van der Waals surface area (Å²) in [5.41, 5.74) is 0. The molecular weight excluding hydrogens is 318 g/mol. The van der Waals surface area contributed by atoms with E-state index in [4.69, 9.17) is 24.2 Å². The molecule has 0 radical (unpaired) electrons. The van der Waals surface area contributed by atoms with Gasteiger partial charge in [0.1, 0.15) is 5.76 Å². The van der Waals surface area contributed by atoms with Crippen LogP contribution in [-0.2, 0) is 20.9 Å². The lowest BCUT2D eigenvalue weighted by Gasteiger charge is -2.33. The average Bonchev–Trinajstić information content (AvgIpc) is 3.07. The summed E-state index contributed by atoms with van der Waals surface area (Å²) >= 11 is 0. The molecule has 1 aromatic rings. The minimum Gasteiger partial charge on any atom is -0.473 e. The van der Waals surface area contributed by atoms with Gasteiger partial charge in [-0.15, -0.1) is 0 Å². The van der Waals surface area contributed by atoms with Crippen molar-refractivity contribution in [3.63, 3.8) is 0 Å². The number of aliphatic carboxylic acids is 2. The fourth-order valence-corrected chi connectivity index (χ4v) is 2.12. The summed E-state index contributed by atoms with van der Waals surface area (Å²) in [6.45, 7) is 8.29. The molecule has 9 nitrogen and oxygen atoms in total. The number of nitrogens with zero attached hydrogens (tertiary/aromatic N) is 2. The van der Waals surface area contributed by atoms with Gasteiger partial charge in [0.05, 0.1) is 19.4 Å². The summed E-state index contributed by atoms with van der Waals surface area (Å²) in [5, 5.41) is 17.7. The molecule has 2 heterocycles. The Bertz CT molecular complexity index is 511. The van der Waals surface area contributed by atoms with E-state index in [1.807, 2.05) is 12.1 Å². The van der Waals surface area contributed by atoms with E-state index in [1.165, 1.54) is 0 Å². The smallest absolute Gasteiger partial charge is 0.414 e. The number of piperazine rings is 1. The highest BCUT2D eigenvalue weighted by Crippen LogP contribution is 2.01. The minimum atomic E-state index is -1.82. The van der Waals surface area contributed by atoms with Gasteiger partial charge in [0.25, 0.3) is 0 Å². The van der Waals surface area contributed by atoms with Crippen LogP contribution in [0.4, 0.5) is 0 Å². The van der Waals surface area contributed by atoms with Gasteiger partial charge in [-0.1, -0.05) is 6.92 Å². The lowest BCUT2D eigenvalue weighted by Crippen LogP contribution is -2.49. The maximum Gasteiger partial charge on any atom is 0.414 e. The van der Waals surface area contributed by atoms with E-state index in [1.54, 1.807) is 6.26 Å². The number of hydrogen-bond donors (Lipinski definition) is 3. The molecule has 0 bridgehead atoms. The number of hydrogen-bond acceptors (Lipinski definition) is 6. The summed E-state index contributed by atoms with van der Waals surface area (Å²) in [5.74, 6) is -2.79. The first-order valence-corrected chi connectivity index (χ1v) is 7.62. The van der Waals surface area contributed by atoms with E-state index < -0.39 is 11.9 Å². The van der Waals surface area contributed by atoms with Gasteiger partial charge >= 0.3 is 11.9 Å². The Balaban J connectivity index is 0.000000413. The summed E-state index contributed by atoms with van der Waals surface area (Å²) in [7, 11) is 0. The highest BCUT2D eigenvalue weighted by Gasteiger charge is 2.17. The van der Waals surface area contributed by atoms with Gasteiger partial charge in [0, 0.05) is 26.2 Å². The van der Waals surface area contributed by atoms with Crippen LogP contribution in [0.1, 0.15) is 12.7 Å². The van der Waals surface area contributed by atoms with Gasteiger partial charge in [-0.25, -0.2) is 9.59 Å². The molecular formula is C15H23N3O6. The van der Waals surface area contributed by atoms with Crippen molar-refractivity contribution in [3.8, 4) is 0 Å².